The molecule has 2 aromatic rings. The number of nitrogens with one attached hydrogen (secondary N) is 1. The second-order valence-electron chi connectivity index (χ2n) is 10.4. The van der Waals surface area contributed by atoms with E-state index >= 15 is 0 Å². The monoisotopic (exact) mass is 433 g/mol. The first-order chi connectivity index (χ1) is 15.6. The molecule has 0 unspecified atom stereocenters. The van der Waals surface area contributed by atoms with Gasteiger partial charge in [-0.1, -0.05) is 89.1 Å². The van der Waals surface area contributed by atoms with E-state index in [-0.39, 0.29) is 0 Å². The smallest absolute Gasteiger partial charge is 0.0370 e. The zero-order valence-electron chi connectivity index (χ0n) is 21.4. The number of anilines is 1. The molecule has 1 heteroatoms. The minimum atomic E-state index is 0.452. The van der Waals surface area contributed by atoms with Gasteiger partial charge in [0, 0.05) is 12.2 Å². The highest BCUT2D eigenvalue weighted by Crippen LogP contribution is 2.44. The van der Waals surface area contributed by atoms with E-state index in [1.54, 1.807) is 5.56 Å². The Balaban J connectivity index is 1.65. The Morgan fingerprint density at radius 3 is 2.03 bits per heavy atom. The van der Waals surface area contributed by atoms with E-state index in [1.165, 1.54) is 98.6 Å². The van der Waals surface area contributed by atoms with E-state index in [1.807, 2.05) is 0 Å². The van der Waals surface area contributed by atoms with Crippen LogP contribution in [0.3, 0.4) is 0 Å². The van der Waals surface area contributed by atoms with Gasteiger partial charge in [0.25, 0.3) is 0 Å². The Morgan fingerprint density at radius 1 is 0.750 bits per heavy atom. The number of aryl methyl sites for hydroxylation is 4. The van der Waals surface area contributed by atoms with Crippen LogP contribution < -0.4 is 5.32 Å². The molecule has 1 saturated carbocycles. The van der Waals surface area contributed by atoms with Gasteiger partial charge in [0.1, 0.15) is 0 Å². The summed E-state index contributed by atoms with van der Waals surface area (Å²) in [5.74, 6) is 0. The number of hydrogen-bond donors (Lipinski definition) is 1. The Bertz CT molecular complexity index is 828. The standard InChI is InChI=1S/C31H47N/c1-5-7-10-19-31(20-11-9-12-21-31)29-17-15-27(23-25(29)3)13-14-28-16-18-30(26(4)24-28)32-22-8-6-2/h15-18,23-24,32H,5-14,19-22H2,1-4H3. The highest BCUT2D eigenvalue weighted by molar-refractivity contribution is 5.52. The summed E-state index contributed by atoms with van der Waals surface area (Å²) in [6.07, 6.45) is 17.3. The molecule has 0 heterocycles. The van der Waals surface area contributed by atoms with Crippen LogP contribution in [0.15, 0.2) is 36.4 Å². The second kappa shape index (κ2) is 12.5. The van der Waals surface area contributed by atoms with Crippen LogP contribution in [0, 0.1) is 13.8 Å². The Hall–Kier alpha value is -1.76. The van der Waals surface area contributed by atoms with Gasteiger partial charge in [0.15, 0.2) is 0 Å². The van der Waals surface area contributed by atoms with Crippen molar-refractivity contribution < 1.29 is 0 Å². The molecular weight excluding hydrogens is 386 g/mol. The van der Waals surface area contributed by atoms with Crippen molar-refractivity contribution in [2.45, 2.75) is 117 Å². The molecule has 0 aromatic heterocycles. The lowest BCUT2D eigenvalue weighted by Crippen LogP contribution is -2.30. The van der Waals surface area contributed by atoms with Gasteiger partial charge < -0.3 is 5.32 Å². The molecule has 3 rings (SSSR count). The quantitative estimate of drug-likeness (QED) is 0.329. The van der Waals surface area contributed by atoms with Gasteiger partial charge in [-0.15, -0.1) is 0 Å². The van der Waals surface area contributed by atoms with E-state index in [0.29, 0.717) is 5.41 Å². The lowest BCUT2D eigenvalue weighted by molar-refractivity contribution is 0.265. The van der Waals surface area contributed by atoms with E-state index in [0.717, 1.165) is 19.4 Å². The van der Waals surface area contributed by atoms with E-state index in [2.05, 4.69) is 69.4 Å². The first kappa shape index (κ1) is 24.9. The topological polar surface area (TPSA) is 12.0 Å². The molecule has 1 aliphatic carbocycles. The van der Waals surface area contributed by atoms with Crippen molar-refractivity contribution in [1.29, 1.82) is 0 Å². The number of rotatable bonds is 12. The first-order valence-corrected chi connectivity index (χ1v) is 13.5. The van der Waals surface area contributed by atoms with Crippen LogP contribution in [-0.4, -0.2) is 6.54 Å². The third kappa shape index (κ3) is 6.63. The molecular formula is C31H47N. The van der Waals surface area contributed by atoms with Gasteiger partial charge in [0.05, 0.1) is 0 Å². The Labute approximate surface area is 198 Å². The van der Waals surface area contributed by atoms with Gasteiger partial charge in [-0.3, -0.25) is 0 Å². The summed E-state index contributed by atoms with van der Waals surface area (Å²) in [5, 5.41) is 3.58. The molecule has 0 amide bonds. The van der Waals surface area contributed by atoms with E-state index in [4.69, 9.17) is 0 Å². The fourth-order valence-corrected chi connectivity index (χ4v) is 5.84. The summed E-state index contributed by atoms with van der Waals surface area (Å²) in [4.78, 5) is 0. The van der Waals surface area contributed by atoms with Crippen molar-refractivity contribution in [3.05, 3.63) is 64.2 Å². The van der Waals surface area contributed by atoms with Crippen molar-refractivity contribution >= 4 is 5.69 Å². The lowest BCUT2D eigenvalue weighted by atomic mass is 9.65. The van der Waals surface area contributed by atoms with Crippen LogP contribution in [0.25, 0.3) is 0 Å². The molecule has 176 valence electrons. The maximum Gasteiger partial charge on any atom is 0.0370 e. The lowest BCUT2D eigenvalue weighted by Gasteiger charge is -2.39. The average Bonchev–Trinajstić information content (AvgIpc) is 2.80. The summed E-state index contributed by atoms with van der Waals surface area (Å²) in [6, 6.07) is 14.4. The molecule has 1 aliphatic rings. The van der Waals surface area contributed by atoms with Crippen LogP contribution in [0.5, 0.6) is 0 Å². The predicted molar refractivity (Wildman–Crippen MR) is 142 cm³/mol. The maximum absolute atomic E-state index is 3.58. The Kier molecular flexibility index (Phi) is 9.69. The minimum Gasteiger partial charge on any atom is -0.385 e. The van der Waals surface area contributed by atoms with Gasteiger partial charge in [-0.2, -0.15) is 0 Å². The molecule has 0 radical (unpaired) electrons. The average molecular weight is 434 g/mol. The molecule has 0 atom stereocenters. The summed E-state index contributed by atoms with van der Waals surface area (Å²) < 4.78 is 0. The second-order valence-corrected chi connectivity index (χ2v) is 10.4. The van der Waals surface area contributed by atoms with Crippen LogP contribution in [0.1, 0.15) is 112 Å². The molecule has 1 nitrogen and oxygen atoms in total. The fraction of sp³-hybridized carbons (Fsp3) is 0.613. The molecule has 0 aliphatic heterocycles. The maximum atomic E-state index is 3.58. The molecule has 0 spiro atoms. The summed E-state index contributed by atoms with van der Waals surface area (Å²) in [5.41, 5.74) is 9.26. The zero-order chi connectivity index (χ0) is 22.8. The molecule has 1 fully saturated rings. The molecule has 0 bridgehead atoms. The van der Waals surface area contributed by atoms with Crippen LogP contribution in [0.2, 0.25) is 0 Å². The van der Waals surface area contributed by atoms with Crippen molar-refractivity contribution in [3.8, 4) is 0 Å². The molecule has 32 heavy (non-hydrogen) atoms. The van der Waals surface area contributed by atoms with Crippen molar-refractivity contribution in [2.75, 3.05) is 11.9 Å². The summed E-state index contributed by atoms with van der Waals surface area (Å²) in [6.45, 7) is 10.2. The molecule has 2 aromatic carbocycles. The number of hydrogen-bond acceptors (Lipinski definition) is 1. The van der Waals surface area contributed by atoms with Crippen molar-refractivity contribution in [3.63, 3.8) is 0 Å². The van der Waals surface area contributed by atoms with E-state index in [9.17, 15) is 0 Å². The van der Waals surface area contributed by atoms with E-state index < -0.39 is 0 Å². The minimum absolute atomic E-state index is 0.452. The van der Waals surface area contributed by atoms with Crippen LogP contribution in [0.4, 0.5) is 5.69 Å². The van der Waals surface area contributed by atoms with Gasteiger partial charge in [-0.25, -0.2) is 0 Å². The Morgan fingerprint density at radius 2 is 1.41 bits per heavy atom. The first-order valence-electron chi connectivity index (χ1n) is 13.5. The predicted octanol–water partition coefficient (Wildman–Crippen LogP) is 9.08. The van der Waals surface area contributed by atoms with Crippen LogP contribution >= 0.6 is 0 Å². The highest BCUT2D eigenvalue weighted by Gasteiger charge is 2.34. The number of benzene rings is 2. The fourth-order valence-electron chi connectivity index (χ4n) is 5.84. The van der Waals surface area contributed by atoms with Gasteiger partial charge in [-0.05, 0) is 91.7 Å². The van der Waals surface area contributed by atoms with Gasteiger partial charge in [0.2, 0.25) is 0 Å². The molecule has 1 N–H and O–H groups in total. The summed E-state index contributed by atoms with van der Waals surface area (Å²) in [7, 11) is 0. The van der Waals surface area contributed by atoms with Crippen molar-refractivity contribution in [2.24, 2.45) is 0 Å². The largest absolute Gasteiger partial charge is 0.385 e. The summed E-state index contributed by atoms with van der Waals surface area (Å²) >= 11 is 0. The third-order valence-corrected chi connectivity index (χ3v) is 7.77. The number of unbranched alkanes of at least 4 members (excludes halogenated alkanes) is 3. The SMILES string of the molecule is CCCCCC1(c2ccc(CCc3ccc(NCCCC)c(C)c3)cc2C)CCCCC1. The highest BCUT2D eigenvalue weighted by atomic mass is 14.9. The van der Waals surface area contributed by atoms with Crippen molar-refractivity contribution in [1.82, 2.24) is 0 Å². The van der Waals surface area contributed by atoms with Gasteiger partial charge >= 0.3 is 0 Å². The van der Waals surface area contributed by atoms with Crippen LogP contribution in [-0.2, 0) is 18.3 Å². The molecule has 0 saturated heterocycles. The third-order valence-electron chi connectivity index (χ3n) is 7.77. The normalized spacial score (nSPS) is 15.6. The zero-order valence-corrected chi connectivity index (χ0v) is 21.4.